The minimum atomic E-state index is -0.821. The molecule has 0 heterocycles. The molecule has 0 spiro atoms. The lowest BCUT2D eigenvalue weighted by Gasteiger charge is -2.17. The van der Waals surface area contributed by atoms with Gasteiger partial charge in [-0.15, -0.1) is 0 Å². The fraction of sp³-hybridized carbons (Fsp3) is 0.240. The van der Waals surface area contributed by atoms with Gasteiger partial charge in [-0.3, -0.25) is 9.59 Å². The SMILES string of the molecule is CCOC(=O)[C@H](Cc1ccccc1)NC(=O)CNC(=O)c1ccc(C2C=CC=C2)cc1. The molecule has 160 valence electrons. The van der Waals surface area contributed by atoms with Crippen LogP contribution in [-0.4, -0.2) is 37.0 Å². The molecule has 2 aromatic rings. The Kier molecular flexibility index (Phi) is 7.76. The summed E-state index contributed by atoms with van der Waals surface area (Å²) in [5.41, 5.74) is 2.46. The van der Waals surface area contributed by atoms with E-state index in [1.165, 1.54) is 0 Å². The highest BCUT2D eigenvalue weighted by atomic mass is 16.5. The first-order valence-corrected chi connectivity index (χ1v) is 10.3. The fourth-order valence-electron chi connectivity index (χ4n) is 3.30. The van der Waals surface area contributed by atoms with Crippen molar-refractivity contribution in [3.8, 4) is 0 Å². The van der Waals surface area contributed by atoms with Crippen LogP contribution in [0.1, 0.15) is 34.3 Å². The number of amides is 2. The summed E-state index contributed by atoms with van der Waals surface area (Å²) in [7, 11) is 0. The Labute approximate surface area is 182 Å². The minimum Gasteiger partial charge on any atom is -0.464 e. The van der Waals surface area contributed by atoms with Crippen molar-refractivity contribution < 1.29 is 19.1 Å². The number of carbonyl (C=O) groups is 3. The van der Waals surface area contributed by atoms with Gasteiger partial charge in [-0.2, -0.15) is 0 Å². The molecule has 0 fully saturated rings. The van der Waals surface area contributed by atoms with E-state index in [0.29, 0.717) is 12.0 Å². The van der Waals surface area contributed by atoms with Crippen LogP contribution in [0.4, 0.5) is 0 Å². The molecular formula is C25H26N2O4. The number of hydrogen-bond acceptors (Lipinski definition) is 4. The van der Waals surface area contributed by atoms with Crippen LogP contribution in [0.5, 0.6) is 0 Å². The van der Waals surface area contributed by atoms with Crippen LogP contribution < -0.4 is 10.6 Å². The molecule has 1 atom stereocenters. The summed E-state index contributed by atoms with van der Waals surface area (Å²) in [4.78, 5) is 37.0. The van der Waals surface area contributed by atoms with Gasteiger partial charge in [0.25, 0.3) is 5.91 Å². The van der Waals surface area contributed by atoms with Gasteiger partial charge in [0.05, 0.1) is 13.2 Å². The summed E-state index contributed by atoms with van der Waals surface area (Å²) >= 11 is 0. The number of ether oxygens (including phenoxy) is 1. The molecule has 0 bridgehead atoms. The largest absolute Gasteiger partial charge is 0.464 e. The van der Waals surface area contributed by atoms with Gasteiger partial charge in [-0.05, 0) is 30.2 Å². The van der Waals surface area contributed by atoms with Gasteiger partial charge >= 0.3 is 5.97 Å². The summed E-state index contributed by atoms with van der Waals surface area (Å²) in [6.07, 6.45) is 8.45. The van der Waals surface area contributed by atoms with Crippen molar-refractivity contribution in [3.05, 3.63) is 95.6 Å². The Hall–Kier alpha value is -3.67. The molecule has 0 saturated carbocycles. The van der Waals surface area contributed by atoms with E-state index in [9.17, 15) is 14.4 Å². The second kappa shape index (κ2) is 10.9. The van der Waals surface area contributed by atoms with Gasteiger partial charge in [0.15, 0.2) is 0 Å². The molecule has 0 radical (unpaired) electrons. The Morgan fingerprint density at radius 2 is 1.65 bits per heavy atom. The summed E-state index contributed by atoms with van der Waals surface area (Å²) in [6, 6.07) is 15.8. The van der Waals surface area contributed by atoms with Crippen LogP contribution in [0.15, 0.2) is 78.9 Å². The van der Waals surface area contributed by atoms with Crippen LogP contribution in [-0.2, 0) is 20.7 Å². The number of nitrogens with one attached hydrogen (secondary N) is 2. The van der Waals surface area contributed by atoms with Crippen molar-refractivity contribution in [3.63, 3.8) is 0 Å². The van der Waals surface area contributed by atoms with E-state index in [0.717, 1.165) is 11.1 Å². The molecule has 6 nitrogen and oxygen atoms in total. The zero-order valence-electron chi connectivity index (χ0n) is 17.4. The molecule has 2 N–H and O–H groups in total. The first-order valence-electron chi connectivity index (χ1n) is 10.3. The predicted octanol–water partition coefficient (Wildman–Crippen LogP) is 2.92. The van der Waals surface area contributed by atoms with E-state index in [-0.39, 0.29) is 25.0 Å². The highest BCUT2D eigenvalue weighted by Gasteiger charge is 2.22. The third-order valence-electron chi connectivity index (χ3n) is 4.90. The van der Waals surface area contributed by atoms with Crippen LogP contribution >= 0.6 is 0 Å². The number of benzene rings is 2. The van der Waals surface area contributed by atoms with Crippen LogP contribution in [0.3, 0.4) is 0 Å². The van der Waals surface area contributed by atoms with Gasteiger partial charge in [-0.1, -0.05) is 66.8 Å². The third-order valence-corrected chi connectivity index (χ3v) is 4.90. The molecule has 2 amide bonds. The van der Waals surface area contributed by atoms with Gasteiger partial charge < -0.3 is 15.4 Å². The molecule has 6 heteroatoms. The molecule has 0 unspecified atom stereocenters. The first-order chi connectivity index (χ1) is 15.1. The van der Waals surface area contributed by atoms with Crippen molar-refractivity contribution in [2.24, 2.45) is 0 Å². The van der Waals surface area contributed by atoms with Gasteiger partial charge in [0.1, 0.15) is 6.04 Å². The van der Waals surface area contributed by atoms with Gasteiger partial charge in [0, 0.05) is 17.9 Å². The van der Waals surface area contributed by atoms with E-state index >= 15 is 0 Å². The molecule has 0 aromatic heterocycles. The highest BCUT2D eigenvalue weighted by Crippen LogP contribution is 2.22. The minimum absolute atomic E-state index is 0.221. The Morgan fingerprint density at radius 1 is 0.968 bits per heavy atom. The normalized spacial score (nSPS) is 13.6. The molecule has 2 aromatic carbocycles. The van der Waals surface area contributed by atoms with Crippen LogP contribution in [0.25, 0.3) is 0 Å². The molecule has 0 saturated heterocycles. The van der Waals surface area contributed by atoms with Crippen LogP contribution in [0.2, 0.25) is 0 Å². The number of hydrogen-bond donors (Lipinski definition) is 2. The second-order valence-electron chi connectivity index (χ2n) is 7.16. The summed E-state index contributed by atoms with van der Waals surface area (Å²) in [6.45, 7) is 1.70. The maximum atomic E-state index is 12.4. The lowest BCUT2D eigenvalue weighted by Crippen LogP contribution is -2.47. The number of esters is 1. The Bertz CT molecular complexity index is 953. The Morgan fingerprint density at radius 3 is 2.29 bits per heavy atom. The van der Waals surface area contributed by atoms with Crippen molar-refractivity contribution in [1.82, 2.24) is 10.6 Å². The third kappa shape index (κ3) is 6.40. The van der Waals surface area contributed by atoms with Crippen molar-refractivity contribution in [2.45, 2.75) is 25.3 Å². The molecule has 31 heavy (non-hydrogen) atoms. The first kappa shape index (κ1) is 22.0. The summed E-state index contributed by atoms with van der Waals surface area (Å²) in [5.74, 6) is -1.08. The highest BCUT2D eigenvalue weighted by molar-refractivity contribution is 5.97. The van der Waals surface area contributed by atoms with E-state index < -0.39 is 17.9 Å². The average molecular weight is 418 g/mol. The maximum absolute atomic E-state index is 12.4. The monoisotopic (exact) mass is 418 g/mol. The Balaban J connectivity index is 1.54. The van der Waals surface area contributed by atoms with E-state index in [1.807, 2.05) is 54.6 Å². The topological polar surface area (TPSA) is 84.5 Å². The summed E-state index contributed by atoms with van der Waals surface area (Å²) in [5, 5.41) is 5.26. The molecule has 1 aliphatic rings. The van der Waals surface area contributed by atoms with Gasteiger partial charge in [0.2, 0.25) is 5.91 Å². The zero-order valence-corrected chi connectivity index (χ0v) is 17.4. The smallest absolute Gasteiger partial charge is 0.328 e. The van der Waals surface area contributed by atoms with Crippen molar-refractivity contribution in [1.29, 1.82) is 0 Å². The fourth-order valence-corrected chi connectivity index (χ4v) is 3.30. The van der Waals surface area contributed by atoms with Crippen molar-refractivity contribution in [2.75, 3.05) is 13.2 Å². The standard InChI is InChI=1S/C25H26N2O4/c1-2-31-25(30)22(16-18-8-4-3-5-9-18)27-23(28)17-26-24(29)21-14-12-20(13-15-21)19-10-6-7-11-19/h3-15,19,22H,2,16-17H2,1H3,(H,26,29)(H,27,28)/t22-/m0/s1. The average Bonchev–Trinajstić information content (AvgIpc) is 3.33. The summed E-state index contributed by atoms with van der Waals surface area (Å²) < 4.78 is 5.07. The van der Waals surface area contributed by atoms with Gasteiger partial charge in [-0.25, -0.2) is 4.79 Å². The lowest BCUT2D eigenvalue weighted by atomic mass is 9.99. The predicted molar refractivity (Wildman–Crippen MR) is 119 cm³/mol. The van der Waals surface area contributed by atoms with E-state index in [1.54, 1.807) is 19.1 Å². The quantitative estimate of drug-likeness (QED) is 0.614. The number of rotatable bonds is 9. The van der Waals surface area contributed by atoms with E-state index in [2.05, 4.69) is 22.8 Å². The van der Waals surface area contributed by atoms with Crippen molar-refractivity contribution >= 4 is 17.8 Å². The van der Waals surface area contributed by atoms with Crippen LogP contribution in [0, 0.1) is 0 Å². The number of carbonyl (C=O) groups excluding carboxylic acids is 3. The lowest BCUT2D eigenvalue weighted by molar-refractivity contribution is -0.147. The molecular weight excluding hydrogens is 392 g/mol. The number of allylic oxidation sites excluding steroid dienone is 4. The second-order valence-corrected chi connectivity index (χ2v) is 7.16. The molecule has 3 rings (SSSR count). The molecule has 0 aliphatic heterocycles. The molecule has 1 aliphatic carbocycles. The maximum Gasteiger partial charge on any atom is 0.328 e. The van der Waals surface area contributed by atoms with E-state index in [4.69, 9.17) is 4.74 Å². The zero-order chi connectivity index (χ0) is 22.1.